The highest BCUT2D eigenvalue weighted by Crippen LogP contribution is 2.30. The summed E-state index contributed by atoms with van der Waals surface area (Å²) in [7, 11) is 0. The number of aryl methyl sites for hydroxylation is 1. The number of aromatic nitrogens is 5. The second-order valence-electron chi connectivity index (χ2n) is 8.46. The number of thioether (sulfide) groups is 1. The molecule has 1 aliphatic heterocycles. The molecule has 4 heterocycles. The number of hydrogen-bond acceptors (Lipinski definition) is 7. The van der Waals surface area contributed by atoms with E-state index >= 15 is 0 Å². The second-order valence-corrected chi connectivity index (χ2v) is 9.69. The smallest absolute Gasteiger partial charge is 0.229 e. The molecule has 1 saturated heterocycles. The van der Waals surface area contributed by atoms with Gasteiger partial charge >= 0.3 is 0 Å². The Balaban J connectivity index is 1.45. The van der Waals surface area contributed by atoms with Crippen molar-refractivity contribution in [2.45, 2.75) is 26.8 Å². The zero-order valence-corrected chi connectivity index (χ0v) is 20.0. The Kier molecular flexibility index (Phi) is 6.07. The van der Waals surface area contributed by atoms with E-state index in [1.807, 2.05) is 55.4 Å². The van der Waals surface area contributed by atoms with Gasteiger partial charge in [0.25, 0.3) is 0 Å². The first-order chi connectivity index (χ1) is 16.4. The van der Waals surface area contributed by atoms with E-state index in [9.17, 15) is 8.78 Å². The molecule has 1 aromatic carbocycles. The average Bonchev–Trinajstić information content (AvgIpc) is 3.18. The number of nitrogens with one attached hydrogen (secondary N) is 1. The number of benzene rings is 1. The van der Waals surface area contributed by atoms with Crippen LogP contribution >= 0.6 is 11.8 Å². The van der Waals surface area contributed by atoms with Crippen LogP contribution in [0, 0.1) is 18.6 Å². The lowest BCUT2D eigenvalue weighted by Crippen LogP contribution is -2.32. The van der Waals surface area contributed by atoms with Crippen molar-refractivity contribution >= 4 is 40.2 Å². The molecule has 3 aromatic heterocycles. The van der Waals surface area contributed by atoms with E-state index in [-0.39, 0.29) is 23.2 Å². The van der Waals surface area contributed by atoms with Gasteiger partial charge in [-0.3, -0.25) is 0 Å². The van der Waals surface area contributed by atoms with Crippen LogP contribution in [0.3, 0.4) is 0 Å². The number of fused-ring (bicyclic) bond motifs is 1. The molecule has 1 aliphatic rings. The van der Waals surface area contributed by atoms with E-state index < -0.39 is 11.6 Å². The summed E-state index contributed by atoms with van der Waals surface area (Å²) < 4.78 is 31.5. The second kappa shape index (κ2) is 9.17. The summed E-state index contributed by atoms with van der Waals surface area (Å²) in [5, 5.41) is 3.02. The standard InChI is InChI=1S/C24H25F2N7S/c1-14(2)33-15(3)29-23-18(25)10-16(11-20(23)33)22-19(26)13-28-24(31-22)30-21-5-4-17(12-27-21)32-6-8-34-9-7-32/h4-5,10-14H,6-9H2,1-3H3,(H,27,28,30,31). The summed E-state index contributed by atoms with van der Waals surface area (Å²) in [6.07, 6.45) is 2.89. The Morgan fingerprint density at radius 1 is 1.00 bits per heavy atom. The van der Waals surface area contributed by atoms with Gasteiger partial charge in [0.2, 0.25) is 5.95 Å². The maximum Gasteiger partial charge on any atom is 0.229 e. The van der Waals surface area contributed by atoms with Crippen molar-refractivity contribution in [3.8, 4) is 11.3 Å². The molecule has 0 bridgehead atoms. The molecule has 4 aromatic rings. The fraction of sp³-hybridized carbons (Fsp3) is 0.333. The first kappa shape index (κ1) is 22.5. The Morgan fingerprint density at radius 2 is 1.79 bits per heavy atom. The summed E-state index contributed by atoms with van der Waals surface area (Å²) in [5.74, 6) is 2.48. The first-order valence-corrected chi connectivity index (χ1v) is 12.3. The fourth-order valence-corrected chi connectivity index (χ4v) is 5.17. The van der Waals surface area contributed by atoms with Crippen LogP contribution in [0.1, 0.15) is 25.7 Å². The largest absolute Gasteiger partial charge is 0.369 e. The van der Waals surface area contributed by atoms with Crippen molar-refractivity contribution < 1.29 is 8.78 Å². The Labute approximate surface area is 200 Å². The molecular formula is C24H25F2N7S. The topological polar surface area (TPSA) is 71.8 Å². The van der Waals surface area contributed by atoms with Crippen LogP contribution in [0.2, 0.25) is 0 Å². The van der Waals surface area contributed by atoms with Gasteiger partial charge in [0.1, 0.15) is 22.9 Å². The molecule has 176 valence electrons. The average molecular weight is 482 g/mol. The molecule has 7 nitrogen and oxygen atoms in total. The molecule has 5 rings (SSSR count). The van der Waals surface area contributed by atoms with Gasteiger partial charge in [-0.15, -0.1) is 0 Å². The van der Waals surface area contributed by atoms with Crippen molar-refractivity contribution in [1.29, 1.82) is 0 Å². The minimum Gasteiger partial charge on any atom is -0.369 e. The van der Waals surface area contributed by atoms with Gasteiger partial charge in [0.15, 0.2) is 11.6 Å². The number of nitrogens with zero attached hydrogens (tertiary/aromatic N) is 6. The monoisotopic (exact) mass is 481 g/mol. The summed E-state index contributed by atoms with van der Waals surface area (Å²) in [5.41, 5.74) is 2.26. The summed E-state index contributed by atoms with van der Waals surface area (Å²) in [4.78, 5) is 19.5. The SMILES string of the molecule is Cc1nc2c(F)cc(-c3nc(Nc4ccc(N5CCSCC5)cn4)ncc3F)cc2n1C(C)C. The van der Waals surface area contributed by atoms with Gasteiger partial charge in [0.05, 0.1) is 23.6 Å². The van der Waals surface area contributed by atoms with Gasteiger partial charge in [-0.2, -0.15) is 11.8 Å². The predicted octanol–water partition coefficient (Wildman–Crippen LogP) is 5.35. The highest BCUT2D eigenvalue weighted by atomic mass is 32.2. The number of pyridine rings is 1. The molecule has 0 amide bonds. The minimum atomic E-state index is -0.636. The van der Waals surface area contributed by atoms with Crippen molar-refractivity contribution in [1.82, 2.24) is 24.5 Å². The normalized spacial score (nSPS) is 14.2. The first-order valence-electron chi connectivity index (χ1n) is 11.2. The van der Waals surface area contributed by atoms with Gasteiger partial charge in [-0.25, -0.2) is 28.7 Å². The van der Waals surface area contributed by atoms with Crippen LogP contribution < -0.4 is 10.2 Å². The molecule has 0 aliphatic carbocycles. The van der Waals surface area contributed by atoms with Gasteiger partial charge in [0, 0.05) is 36.2 Å². The molecule has 1 fully saturated rings. The van der Waals surface area contributed by atoms with Gasteiger partial charge < -0.3 is 14.8 Å². The van der Waals surface area contributed by atoms with Gasteiger partial charge in [-0.1, -0.05) is 0 Å². The third-order valence-corrected chi connectivity index (χ3v) is 6.77. The van der Waals surface area contributed by atoms with E-state index in [4.69, 9.17) is 0 Å². The van der Waals surface area contributed by atoms with Crippen molar-refractivity contribution in [2.75, 3.05) is 34.8 Å². The number of imidazole rings is 1. The van der Waals surface area contributed by atoms with Crippen LogP contribution in [0.15, 0.2) is 36.7 Å². The maximum atomic E-state index is 14.9. The number of anilines is 3. The molecule has 0 unspecified atom stereocenters. The molecule has 0 spiro atoms. The lowest BCUT2D eigenvalue weighted by Gasteiger charge is -2.28. The number of rotatable bonds is 5. The third-order valence-electron chi connectivity index (χ3n) is 5.82. The lowest BCUT2D eigenvalue weighted by molar-refractivity contribution is 0.600. The van der Waals surface area contributed by atoms with E-state index in [1.165, 1.54) is 6.07 Å². The van der Waals surface area contributed by atoms with Crippen molar-refractivity contribution in [3.05, 3.63) is 54.1 Å². The van der Waals surface area contributed by atoms with Crippen LogP contribution in [0.5, 0.6) is 0 Å². The summed E-state index contributed by atoms with van der Waals surface area (Å²) >= 11 is 1.95. The Bertz CT molecular complexity index is 1330. The maximum absolute atomic E-state index is 14.9. The number of halogens is 2. The quantitative estimate of drug-likeness (QED) is 0.412. The molecular weight excluding hydrogens is 456 g/mol. The lowest BCUT2D eigenvalue weighted by atomic mass is 10.1. The molecule has 10 heteroatoms. The van der Waals surface area contributed by atoms with Crippen LogP contribution in [0.4, 0.5) is 26.2 Å². The fourth-order valence-electron chi connectivity index (χ4n) is 4.27. The molecule has 1 N–H and O–H groups in total. The van der Waals surface area contributed by atoms with Gasteiger partial charge in [-0.05, 0) is 45.0 Å². The van der Waals surface area contributed by atoms with E-state index in [0.717, 1.165) is 36.5 Å². The Hall–Kier alpha value is -3.27. The van der Waals surface area contributed by atoms with Crippen LogP contribution in [0.25, 0.3) is 22.3 Å². The molecule has 34 heavy (non-hydrogen) atoms. The zero-order valence-electron chi connectivity index (χ0n) is 19.2. The molecule has 0 saturated carbocycles. The van der Waals surface area contributed by atoms with E-state index in [0.29, 0.717) is 22.7 Å². The summed E-state index contributed by atoms with van der Waals surface area (Å²) in [6, 6.07) is 6.90. The third kappa shape index (κ3) is 4.29. The molecule has 0 radical (unpaired) electrons. The minimum absolute atomic E-state index is 0.00916. The van der Waals surface area contributed by atoms with Crippen molar-refractivity contribution in [3.63, 3.8) is 0 Å². The summed E-state index contributed by atoms with van der Waals surface area (Å²) in [6.45, 7) is 7.82. The van der Waals surface area contributed by atoms with E-state index in [2.05, 4.69) is 30.2 Å². The van der Waals surface area contributed by atoms with Crippen LogP contribution in [-0.2, 0) is 0 Å². The van der Waals surface area contributed by atoms with Crippen molar-refractivity contribution in [2.24, 2.45) is 0 Å². The highest BCUT2D eigenvalue weighted by molar-refractivity contribution is 7.99. The Morgan fingerprint density at radius 3 is 2.50 bits per heavy atom. The highest BCUT2D eigenvalue weighted by Gasteiger charge is 2.18. The predicted molar refractivity (Wildman–Crippen MR) is 133 cm³/mol. The van der Waals surface area contributed by atoms with E-state index in [1.54, 1.807) is 6.07 Å². The van der Waals surface area contributed by atoms with Crippen LogP contribution in [-0.4, -0.2) is 49.1 Å². The number of hydrogen-bond donors (Lipinski definition) is 1. The zero-order chi connectivity index (χ0) is 23.8. The molecule has 0 atom stereocenters.